The molecule has 3 aromatic rings. The van der Waals surface area contributed by atoms with Gasteiger partial charge >= 0.3 is 0 Å². The second kappa shape index (κ2) is 7.37. The Balaban J connectivity index is 1.61. The van der Waals surface area contributed by atoms with Crippen LogP contribution in [0.1, 0.15) is 15.9 Å². The van der Waals surface area contributed by atoms with Crippen molar-refractivity contribution in [2.45, 2.75) is 6.54 Å². The smallest absolute Gasteiger partial charge is 0.251 e. The van der Waals surface area contributed by atoms with E-state index in [0.29, 0.717) is 12.1 Å². The van der Waals surface area contributed by atoms with E-state index >= 15 is 0 Å². The minimum atomic E-state index is -0.133. The molecule has 1 aromatic carbocycles. The molecule has 24 heavy (non-hydrogen) atoms. The zero-order valence-corrected chi connectivity index (χ0v) is 13.3. The third-order valence-electron chi connectivity index (χ3n) is 3.56. The highest BCUT2D eigenvalue weighted by Gasteiger charge is 2.06. The summed E-state index contributed by atoms with van der Waals surface area (Å²) in [6.07, 6.45) is 3.48. The van der Waals surface area contributed by atoms with Crippen molar-refractivity contribution in [3.63, 3.8) is 0 Å². The summed E-state index contributed by atoms with van der Waals surface area (Å²) in [5.41, 5.74) is 3.15. The summed E-state index contributed by atoms with van der Waals surface area (Å²) in [5, 5.41) is 2.88. The molecule has 0 unspecified atom stereocenters. The number of benzene rings is 1. The number of amides is 1. The number of pyridine rings is 2. The van der Waals surface area contributed by atoms with Crippen LogP contribution in [0.2, 0.25) is 0 Å². The molecule has 1 N–H and O–H groups in total. The summed E-state index contributed by atoms with van der Waals surface area (Å²) in [7, 11) is 1.59. The normalized spacial score (nSPS) is 10.2. The molecule has 0 radical (unpaired) electrons. The van der Waals surface area contributed by atoms with E-state index in [1.54, 1.807) is 43.8 Å². The van der Waals surface area contributed by atoms with Gasteiger partial charge in [0.15, 0.2) is 0 Å². The molecule has 0 spiro atoms. The van der Waals surface area contributed by atoms with Crippen LogP contribution in [0.25, 0.3) is 11.4 Å². The Bertz CT molecular complexity index is 800. The van der Waals surface area contributed by atoms with Gasteiger partial charge in [-0.05, 0) is 48.0 Å². The lowest BCUT2D eigenvalue weighted by Gasteiger charge is -2.07. The van der Waals surface area contributed by atoms with Crippen LogP contribution < -0.4 is 10.1 Å². The largest absolute Gasteiger partial charge is 0.497 e. The Morgan fingerprint density at radius 3 is 2.42 bits per heavy atom. The lowest BCUT2D eigenvalue weighted by molar-refractivity contribution is 0.0951. The van der Waals surface area contributed by atoms with Crippen molar-refractivity contribution in [2.24, 2.45) is 0 Å². The number of nitrogens with one attached hydrogen (secondary N) is 1. The molecule has 1 amide bonds. The Morgan fingerprint density at radius 1 is 1.00 bits per heavy atom. The average Bonchev–Trinajstić information content (AvgIpc) is 2.67. The molecule has 0 fully saturated rings. The topological polar surface area (TPSA) is 64.1 Å². The van der Waals surface area contributed by atoms with Crippen LogP contribution in [0.3, 0.4) is 0 Å². The van der Waals surface area contributed by atoms with E-state index in [9.17, 15) is 4.79 Å². The van der Waals surface area contributed by atoms with Crippen LogP contribution in [-0.4, -0.2) is 23.0 Å². The van der Waals surface area contributed by atoms with E-state index in [1.807, 2.05) is 30.3 Å². The van der Waals surface area contributed by atoms with Crippen molar-refractivity contribution in [1.29, 1.82) is 0 Å². The van der Waals surface area contributed by atoms with Crippen molar-refractivity contribution in [1.82, 2.24) is 15.3 Å². The average molecular weight is 319 g/mol. The highest BCUT2D eigenvalue weighted by Crippen LogP contribution is 2.14. The molecule has 0 aliphatic rings. The Kier molecular flexibility index (Phi) is 4.81. The van der Waals surface area contributed by atoms with E-state index in [4.69, 9.17) is 4.74 Å². The number of hydrogen-bond acceptors (Lipinski definition) is 4. The Labute approximate surface area is 140 Å². The van der Waals surface area contributed by atoms with Crippen molar-refractivity contribution in [3.05, 3.63) is 78.1 Å². The van der Waals surface area contributed by atoms with Gasteiger partial charge in [-0.3, -0.25) is 14.8 Å². The molecular formula is C19H17N3O2. The van der Waals surface area contributed by atoms with E-state index in [1.165, 1.54) is 0 Å². The lowest BCUT2D eigenvalue weighted by atomic mass is 10.2. The number of aromatic nitrogens is 2. The zero-order valence-electron chi connectivity index (χ0n) is 13.3. The number of methoxy groups -OCH3 is 1. The van der Waals surface area contributed by atoms with Crippen LogP contribution >= 0.6 is 0 Å². The van der Waals surface area contributed by atoms with Crippen molar-refractivity contribution >= 4 is 5.91 Å². The predicted octanol–water partition coefficient (Wildman–Crippen LogP) is 3.08. The summed E-state index contributed by atoms with van der Waals surface area (Å²) in [6, 6.07) is 16.5. The third-order valence-corrected chi connectivity index (χ3v) is 3.56. The van der Waals surface area contributed by atoms with Gasteiger partial charge in [-0.15, -0.1) is 0 Å². The molecule has 2 heterocycles. The van der Waals surface area contributed by atoms with Crippen LogP contribution in [0.15, 0.2) is 67.0 Å². The van der Waals surface area contributed by atoms with Gasteiger partial charge in [-0.1, -0.05) is 12.1 Å². The molecule has 5 heteroatoms. The highest BCUT2D eigenvalue weighted by atomic mass is 16.5. The van der Waals surface area contributed by atoms with Crippen molar-refractivity contribution < 1.29 is 9.53 Å². The van der Waals surface area contributed by atoms with Gasteiger partial charge in [-0.2, -0.15) is 0 Å². The molecule has 0 saturated heterocycles. The number of carbonyl (C=O) groups excluding carboxylic acids is 1. The van der Waals surface area contributed by atoms with Crippen LogP contribution in [-0.2, 0) is 6.54 Å². The molecule has 5 nitrogen and oxygen atoms in total. The van der Waals surface area contributed by atoms with Crippen LogP contribution in [0.5, 0.6) is 5.75 Å². The fraction of sp³-hybridized carbons (Fsp3) is 0.105. The lowest BCUT2D eigenvalue weighted by Crippen LogP contribution is -2.22. The summed E-state index contributed by atoms with van der Waals surface area (Å²) in [4.78, 5) is 20.8. The Morgan fingerprint density at radius 2 is 1.79 bits per heavy atom. The monoisotopic (exact) mass is 319 g/mol. The standard InChI is InChI=1S/C19H17N3O2/c1-24-16-8-6-15(7-9-16)19(23)22-13-14-5-10-18(21-12-14)17-4-2-3-11-20-17/h2-12H,13H2,1H3,(H,22,23). The van der Waals surface area contributed by atoms with E-state index < -0.39 is 0 Å². The number of carbonyl (C=O) groups is 1. The van der Waals surface area contributed by atoms with Crippen molar-refractivity contribution in [2.75, 3.05) is 7.11 Å². The maximum atomic E-state index is 12.1. The predicted molar refractivity (Wildman–Crippen MR) is 91.6 cm³/mol. The van der Waals surface area contributed by atoms with Crippen LogP contribution in [0.4, 0.5) is 0 Å². The van der Waals surface area contributed by atoms with Crippen LogP contribution in [0, 0.1) is 0 Å². The molecule has 0 aliphatic heterocycles. The first-order valence-electron chi connectivity index (χ1n) is 7.55. The quantitative estimate of drug-likeness (QED) is 0.785. The fourth-order valence-electron chi connectivity index (χ4n) is 2.22. The van der Waals surface area contributed by atoms with Gasteiger partial charge in [0, 0.05) is 24.5 Å². The fourth-order valence-corrected chi connectivity index (χ4v) is 2.22. The molecule has 2 aromatic heterocycles. The van der Waals surface area contributed by atoms with Gasteiger partial charge in [0.25, 0.3) is 5.91 Å². The molecule has 0 atom stereocenters. The van der Waals surface area contributed by atoms with Gasteiger partial charge in [0.1, 0.15) is 5.75 Å². The maximum absolute atomic E-state index is 12.1. The van der Waals surface area contributed by atoms with Gasteiger partial charge < -0.3 is 10.1 Å². The van der Waals surface area contributed by atoms with Gasteiger partial charge in [0.05, 0.1) is 18.5 Å². The molecule has 120 valence electrons. The summed E-state index contributed by atoms with van der Waals surface area (Å²) in [6.45, 7) is 0.417. The van der Waals surface area contributed by atoms with Gasteiger partial charge in [0.2, 0.25) is 0 Å². The van der Waals surface area contributed by atoms with E-state index in [0.717, 1.165) is 22.7 Å². The third kappa shape index (κ3) is 3.76. The number of ether oxygens (including phenoxy) is 1. The van der Waals surface area contributed by atoms with E-state index in [-0.39, 0.29) is 5.91 Å². The molecule has 0 saturated carbocycles. The number of rotatable bonds is 5. The number of hydrogen-bond donors (Lipinski definition) is 1. The molecular weight excluding hydrogens is 302 g/mol. The van der Waals surface area contributed by atoms with E-state index in [2.05, 4.69) is 15.3 Å². The molecule has 0 aliphatic carbocycles. The number of nitrogens with zero attached hydrogens (tertiary/aromatic N) is 2. The zero-order chi connectivity index (χ0) is 16.8. The maximum Gasteiger partial charge on any atom is 0.251 e. The molecule has 0 bridgehead atoms. The molecule has 3 rings (SSSR count). The summed E-state index contributed by atoms with van der Waals surface area (Å²) >= 11 is 0. The highest BCUT2D eigenvalue weighted by molar-refractivity contribution is 5.94. The van der Waals surface area contributed by atoms with Crippen molar-refractivity contribution in [3.8, 4) is 17.1 Å². The first kappa shape index (κ1) is 15.7. The summed E-state index contributed by atoms with van der Waals surface area (Å²) < 4.78 is 5.08. The minimum Gasteiger partial charge on any atom is -0.497 e. The van der Waals surface area contributed by atoms with Gasteiger partial charge in [-0.25, -0.2) is 0 Å². The summed E-state index contributed by atoms with van der Waals surface area (Å²) in [5.74, 6) is 0.590. The SMILES string of the molecule is COc1ccc(C(=O)NCc2ccc(-c3ccccn3)nc2)cc1. The second-order valence-corrected chi connectivity index (χ2v) is 5.18. The minimum absolute atomic E-state index is 0.133. The first-order chi connectivity index (χ1) is 11.8. The first-order valence-corrected chi connectivity index (χ1v) is 7.55. The second-order valence-electron chi connectivity index (χ2n) is 5.18. The Hall–Kier alpha value is -3.21.